The maximum absolute atomic E-state index is 5.39. The average molecular weight is 257 g/mol. The van der Waals surface area contributed by atoms with Crippen LogP contribution < -0.4 is 11.5 Å². The molecule has 0 aliphatic carbocycles. The number of benzene rings is 1. The Morgan fingerprint density at radius 3 is 2.89 bits per heavy atom. The van der Waals surface area contributed by atoms with Crippen LogP contribution in [0.3, 0.4) is 0 Å². The lowest BCUT2D eigenvalue weighted by molar-refractivity contribution is 0.268. The minimum absolute atomic E-state index is 0.383. The van der Waals surface area contributed by atoms with E-state index in [9.17, 15) is 0 Å². The molecule has 0 fully saturated rings. The van der Waals surface area contributed by atoms with Gasteiger partial charge in [-0.25, -0.2) is 0 Å². The van der Waals surface area contributed by atoms with E-state index in [-0.39, 0.29) is 0 Å². The fourth-order valence-electron chi connectivity index (χ4n) is 2.42. The molecule has 0 saturated carbocycles. The summed E-state index contributed by atoms with van der Waals surface area (Å²) in [4.78, 5) is 2.48. The number of allylic oxidation sites excluding steroid dienone is 2. The highest BCUT2D eigenvalue weighted by Crippen LogP contribution is 2.20. The first kappa shape index (κ1) is 13.7. The summed E-state index contributed by atoms with van der Waals surface area (Å²) in [6.07, 6.45) is 7.97. The third-order valence-electron chi connectivity index (χ3n) is 3.57. The number of hydrogen-bond acceptors (Lipinski definition) is 3. The molecule has 0 spiro atoms. The van der Waals surface area contributed by atoms with Crippen molar-refractivity contribution in [2.24, 2.45) is 11.5 Å². The molecule has 2 rings (SSSR count). The molecule has 1 aromatic rings. The van der Waals surface area contributed by atoms with E-state index in [2.05, 4.69) is 42.2 Å². The van der Waals surface area contributed by atoms with E-state index in [4.69, 9.17) is 11.5 Å². The molecule has 1 heterocycles. The summed E-state index contributed by atoms with van der Waals surface area (Å²) in [6, 6.07) is 6.74. The summed E-state index contributed by atoms with van der Waals surface area (Å²) in [5.41, 5.74) is 15.0. The van der Waals surface area contributed by atoms with Crippen LogP contribution in [0.4, 0.5) is 0 Å². The standard InChI is InChI=1S/C16H23N3/c1-2-19-10-9-14-8-7-13(11-15(14)12-19)5-3-4-6-16(17)18/h3,5-8,11H,2,4,9-10,12,17-18H2,1H3/b5-3+. The van der Waals surface area contributed by atoms with Crippen LogP contribution in [0.2, 0.25) is 0 Å². The molecule has 0 aromatic heterocycles. The van der Waals surface area contributed by atoms with Crippen LogP contribution in [0.15, 0.2) is 36.2 Å². The Kier molecular flexibility index (Phi) is 4.63. The summed E-state index contributed by atoms with van der Waals surface area (Å²) in [5, 5.41) is 0. The predicted octanol–water partition coefficient (Wildman–Crippen LogP) is 2.23. The van der Waals surface area contributed by atoms with Crippen LogP contribution in [0, 0.1) is 0 Å². The van der Waals surface area contributed by atoms with Gasteiger partial charge in [-0.15, -0.1) is 0 Å². The third-order valence-corrected chi connectivity index (χ3v) is 3.57. The van der Waals surface area contributed by atoms with Gasteiger partial charge in [-0.2, -0.15) is 0 Å². The Balaban J connectivity index is 2.06. The molecule has 1 aliphatic rings. The maximum Gasteiger partial charge on any atom is 0.0895 e. The number of nitrogens with two attached hydrogens (primary N) is 2. The topological polar surface area (TPSA) is 55.3 Å². The second-order valence-corrected chi connectivity index (χ2v) is 4.99. The van der Waals surface area contributed by atoms with E-state index in [0.717, 1.165) is 19.5 Å². The molecule has 19 heavy (non-hydrogen) atoms. The Morgan fingerprint density at radius 2 is 2.16 bits per heavy atom. The average Bonchev–Trinajstić information content (AvgIpc) is 2.42. The molecule has 1 aliphatic heterocycles. The van der Waals surface area contributed by atoms with Gasteiger partial charge in [0, 0.05) is 13.1 Å². The first-order valence-corrected chi connectivity index (χ1v) is 6.91. The van der Waals surface area contributed by atoms with Crippen molar-refractivity contribution in [1.82, 2.24) is 4.90 Å². The monoisotopic (exact) mass is 257 g/mol. The van der Waals surface area contributed by atoms with Crippen molar-refractivity contribution in [2.75, 3.05) is 13.1 Å². The largest absolute Gasteiger partial charge is 0.386 e. The zero-order valence-corrected chi connectivity index (χ0v) is 11.6. The Hall–Kier alpha value is -1.74. The summed E-state index contributed by atoms with van der Waals surface area (Å²) in [5.74, 6) is 0.383. The molecule has 0 bridgehead atoms. The molecule has 4 N–H and O–H groups in total. The quantitative estimate of drug-likeness (QED) is 0.869. The first-order chi connectivity index (χ1) is 9.19. The molecular formula is C16H23N3. The van der Waals surface area contributed by atoms with Gasteiger partial charge in [0.1, 0.15) is 0 Å². The Bertz CT molecular complexity index is 485. The highest BCUT2D eigenvalue weighted by Gasteiger charge is 2.14. The molecule has 0 unspecified atom stereocenters. The maximum atomic E-state index is 5.39. The van der Waals surface area contributed by atoms with Crippen LogP contribution in [-0.4, -0.2) is 18.0 Å². The summed E-state index contributed by atoms with van der Waals surface area (Å²) >= 11 is 0. The van der Waals surface area contributed by atoms with Gasteiger partial charge in [-0.1, -0.05) is 37.3 Å². The van der Waals surface area contributed by atoms with Crippen molar-refractivity contribution >= 4 is 6.08 Å². The van der Waals surface area contributed by atoms with Crippen LogP contribution >= 0.6 is 0 Å². The highest BCUT2D eigenvalue weighted by atomic mass is 15.1. The molecule has 3 nitrogen and oxygen atoms in total. The van der Waals surface area contributed by atoms with Crippen molar-refractivity contribution in [3.05, 3.63) is 52.9 Å². The van der Waals surface area contributed by atoms with Gasteiger partial charge >= 0.3 is 0 Å². The predicted molar refractivity (Wildman–Crippen MR) is 81.2 cm³/mol. The second-order valence-electron chi connectivity index (χ2n) is 4.99. The van der Waals surface area contributed by atoms with Gasteiger partial charge in [-0.3, -0.25) is 4.90 Å². The number of rotatable bonds is 4. The van der Waals surface area contributed by atoms with Gasteiger partial charge in [-0.05, 0) is 42.2 Å². The lowest BCUT2D eigenvalue weighted by Crippen LogP contribution is -2.30. The van der Waals surface area contributed by atoms with Crippen molar-refractivity contribution in [2.45, 2.75) is 26.3 Å². The van der Waals surface area contributed by atoms with Crippen LogP contribution in [0.1, 0.15) is 30.0 Å². The smallest absolute Gasteiger partial charge is 0.0895 e. The number of likely N-dealkylation sites (N-methyl/N-ethyl adjacent to an activating group) is 1. The number of nitrogens with zero attached hydrogens (tertiary/aromatic N) is 1. The lowest BCUT2D eigenvalue weighted by atomic mass is 9.97. The summed E-state index contributed by atoms with van der Waals surface area (Å²) in [7, 11) is 0. The zero-order chi connectivity index (χ0) is 13.7. The van der Waals surface area contributed by atoms with Crippen molar-refractivity contribution in [1.29, 1.82) is 0 Å². The molecule has 0 radical (unpaired) electrons. The van der Waals surface area contributed by atoms with Crippen molar-refractivity contribution in [3.63, 3.8) is 0 Å². The van der Waals surface area contributed by atoms with Gasteiger partial charge in [0.25, 0.3) is 0 Å². The van der Waals surface area contributed by atoms with Gasteiger partial charge < -0.3 is 11.5 Å². The molecule has 0 amide bonds. The first-order valence-electron chi connectivity index (χ1n) is 6.91. The molecule has 0 atom stereocenters. The fourth-order valence-corrected chi connectivity index (χ4v) is 2.42. The minimum atomic E-state index is 0.383. The van der Waals surface area contributed by atoms with E-state index < -0.39 is 0 Å². The minimum Gasteiger partial charge on any atom is -0.386 e. The van der Waals surface area contributed by atoms with E-state index in [0.29, 0.717) is 5.82 Å². The van der Waals surface area contributed by atoms with E-state index in [1.165, 1.54) is 29.7 Å². The van der Waals surface area contributed by atoms with Crippen LogP contribution in [-0.2, 0) is 13.0 Å². The summed E-state index contributed by atoms with van der Waals surface area (Å²) < 4.78 is 0. The Morgan fingerprint density at radius 1 is 1.32 bits per heavy atom. The van der Waals surface area contributed by atoms with Crippen LogP contribution in [0.25, 0.3) is 6.08 Å². The second kappa shape index (κ2) is 6.43. The summed E-state index contributed by atoms with van der Waals surface area (Å²) in [6.45, 7) is 5.60. The number of hydrogen-bond donors (Lipinski definition) is 2. The third kappa shape index (κ3) is 3.86. The van der Waals surface area contributed by atoms with E-state index in [1.807, 2.05) is 6.08 Å². The molecule has 102 valence electrons. The van der Waals surface area contributed by atoms with E-state index in [1.54, 1.807) is 0 Å². The molecule has 3 heteroatoms. The van der Waals surface area contributed by atoms with Gasteiger partial charge in [0.05, 0.1) is 5.82 Å². The van der Waals surface area contributed by atoms with Crippen LogP contribution in [0.5, 0.6) is 0 Å². The molecule has 1 aromatic carbocycles. The van der Waals surface area contributed by atoms with Gasteiger partial charge in [0.2, 0.25) is 0 Å². The normalized spacial score (nSPS) is 15.4. The number of fused-ring (bicyclic) bond motifs is 1. The lowest BCUT2D eigenvalue weighted by Gasteiger charge is -2.27. The SMILES string of the molecule is CCN1CCc2ccc(/C=C/CC=C(N)N)cc2C1. The van der Waals surface area contributed by atoms with Gasteiger partial charge in [0.15, 0.2) is 0 Å². The van der Waals surface area contributed by atoms with E-state index >= 15 is 0 Å². The fraction of sp³-hybridized carbons (Fsp3) is 0.375. The highest BCUT2D eigenvalue weighted by molar-refractivity contribution is 5.52. The Labute approximate surface area is 115 Å². The zero-order valence-electron chi connectivity index (χ0n) is 11.6. The van der Waals surface area contributed by atoms with Crippen molar-refractivity contribution < 1.29 is 0 Å². The molecule has 0 saturated heterocycles. The molecular weight excluding hydrogens is 234 g/mol. The van der Waals surface area contributed by atoms with Crippen molar-refractivity contribution in [3.8, 4) is 0 Å².